The smallest absolute Gasteiger partial charge is 0.331 e. The number of amides is 2. The van der Waals surface area contributed by atoms with Crippen molar-refractivity contribution in [1.82, 2.24) is 10.6 Å². The summed E-state index contributed by atoms with van der Waals surface area (Å²) in [5, 5.41) is 5.03. The second-order valence-corrected chi connectivity index (χ2v) is 5.33. The van der Waals surface area contributed by atoms with Crippen molar-refractivity contribution >= 4 is 35.5 Å². The molecule has 0 saturated heterocycles. The van der Waals surface area contributed by atoms with Gasteiger partial charge in [-0.2, -0.15) is 0 Å². The van der Waals surface area contributed by atoms with Gasteiger partial charge in [-0.05, 0) is 23.8 Å². The van der Waals surface area contributed by atoms with Gasteiger partial charge in [-0.15, -0.1) is 0 Å². The lowest BCUT2D eigenvalue weighted by atomic mass is 10.2. The van der Waals surface area contributed by atoms with Crippen LogP contribution < -0.4 is 20.1 Å². The zero-order valence-electron chi connectivity index (χ0n) is 13.5. The second-order valence-electron chi connectivity index (χ2n) is 4.92. The minimum Gasteiger partial charge on any atom is -0.486 e. The number of carbonyl (C=O) groups excluding carboxylic acids is 3. The first-order valence-electron chi connectivity index (χ1n) is 7.41. The first-order chi connectivity index (χ1) is 12.0. The maximum absolute atomic E-state index is 11.6. The molecule has 8 nitrogen and oxygen atoms in total. The highest BCUT2D eigenvalue weighted by Crippen LogP contribution is 2.38. The van der Waals surface area contributed by atoms with Crippen molar-refractivity contribution in [3.63, 3.8) is 0 Å². The van der Waals surface area contributed by atoms with Crippen LogP contribution >= 0.6 is 11.6 Å². The van der Waals surface area contributed by atoms with Gasteiger partial charge in [0, 0.05) is 13.1 Å². The van der Waals surface area contributed by atoms with E-state index in [1.807, 2.05) is 0 Å². The van der Waals surface area contributed by atoms with Gasteiger partial charge in [-0.3, -0.25) is 9.59 Å². The van der Waals surface area contributed by atoms with Crippen LogP contribution in [0, 0.1) is 0 Å². The number of fused-ring (bicyclic) bond motifs is 1. The summed E-state index contributed by atoms with van der Waals surface area (Å²) in [5.74, 6) is -0.662. The van der Waals surface area contributed by atoms with Crippen molar-refractivity contribution in [2.75, 3.05) is 33.4 Å². The van der Waals surface area contributed by atoms with Crippen LogP contribution in [0.15, 0.2) is 18.2 Å². The molecule has 1 aromatic rings. The lowest BCUT2D eigenvalue weighted by molar-refractivity contribution is -0.143. The molecule has 134 valence electrons. The van der Waals surface area contributed by atoms with E-state index in [-0.39, 0.29) is 12.5 Å². The van der Waals surface area contributed by atoms with Gasteiger partial charge >= 0.3 is 5.97 Å². The average molecular weight is 369 g/mol. The summed E-state index contributed by atoms with van der Waals surface area (Å²) in [7, 11) is 1.45. The van der Waals surface area contributed by atoms with Gasteiger partial charge in [-0.25, -0.2) is 4.79 Å². The van der Waals surface area contributed by atoms with E-state index in [1.54, 1.807) is 12.1 Å². The van der Waals surface area contributed by atoms with E-state index >= 15 is 0 Å². The Morgan fingerprint density at radius 3 is 2.76 bits per heavy atom. The Bertz CT molecular complexity index is 704. The predicted molar refractivity (Wildman–Crippen MR) is 89.5 cm³/mol. The number of ether oxygens (including phenoxy) is 3. The minimum atomic E-state index is -0.707. The molecule has 25 heavy (non-hydrogen) atoms. The van der Waals surface area contributed by atoms with Crippen LogP contribution in [0.3, 0.4) is 0 Å². The SMILES string of the molecule is CNC(=O)CNC(=O)COC(=O)/C=C/c1cc(Cl)c2c(c1)OCCO2. The fraction of sp³-hybridized carbons (Fsp3) is 0.312. The van der Waals surface area contributed by atoms with Gasteiger partial charge in [0.05, 0.1) is 11.6 Å². The van der Waals surface area contributed by atoms with E-state index in [2.05, 4.69) is 10.6 Å². The van der Waals surface area contributed by atoms with Crippen LogP contribution in [0.4, 0.5) is 0 Å². The minimum absolute atomic E-state index is 0.182. The van der Waals surface area contributed by atoms with Crippen LogP contribution in [0.2, 0.25) is 5.02 Å². The Balaban J connectivity index is 1.85. The number of hydrogen-bond donors (Lipinski definition) is 2. The molecule has 9 heteroatoms. The maximum Gasteiger partial charge on any atom is 0.331 e. The van der Waals surface area contributed by atoms with E-state index in [9.17, 15) is 14.4 Å². The van der Waals surface area contributed by atoms with E-state index < -0.39 is 18.5 Å². The lowest BCUT2D eigenvalue weighted by Gasteiger charge is -2.19. The van der Waals surface area contributed by atoms with Crippen LogP contribution in [0.25, 0.3) is 6.08 Å². The van der Waals surface area contributed by atoms with Crippen LogP contribution in [0.5, 0.6) is 11.5 Å². The summed E-state index contributed by atoms with van der Waals surface area (Å²) < 4.78 is 15.6. The summed E-state index contributed by atoms with van der Waals surface area (Å²) >= 11 is 6.10. The van der Waals surface area contributed by atoms with E-state index in [4.69, 9.17) is 25.8 Å². The molecule has 1 aliphatic rings. The van der Waals surface area contributed by atoms with Crippen molar-refractivity contribution < 1.29 is 28.6 Å². The molecule has 0 aromatic heterocycles. The molecule has 0 bridgehead atoms. The molecule has 2 amide bonds. The summed E-state index contributed by atoms with van der Waals surface area (Å²) in [6, 6.07) is 3.30. The molecule has 0 saturated carbocycles. The Kier molecular flexibility index (Phi) is 6.64. The van der Waals surface area contributed by atoms with Crippen LogP contribution in [0.1, 0.15) is 5.56 Å². The number of esters is 1. The van der Waals surface area contributed by atoms with E-state index in [0.717, 1.165) is 6.08 Å². The molecule has 1 heterocycles. The highest BCUT2D eigenvalue weighted by atomic mass is 35.5. The number of rotatable bonds is 6. The van der Waals surface area contributed by atoms with Crippen molar-refractivity contribution in [2.24, 2.45) is 0 Å². The van der Waals surface area contributed by atoms with Crippen molar-refractivity contribution in [1.29, 1.82) is 0 Å². The summed E-state index contributed by atoms with van der Waals surface area (Å²) in [6.07, 6.45) is 2.64. The average Bonchev–Trinajstić information content (AvgIpc) is 2.62. The fourth-order valence-electron chi connectivity index (χ4n) is 1.89. The third-order valence-electron chi connectivity index (χ3n) is 3.10. The predicted octanol–water partition coefficient (Wildman–Crippen LogP) is 0.530. The molecule has 1 aliphatic heterocycles. The third kappa shape index (κ3) is 5.68. The first-order valence-corrected chi connectivity index (χ1v) is 7.78. The molecule has 0 aliphatic carbocycles. The molecule has 0 fully saturated rings. The Hall–Kier alpha value is -2.74. The third-order valence-corrected chi connectivity index (χ3v) is 3.38. The summed E-state index contributed by atoms with van der Waals surface area (Å²) in [6.45, 7) is 0.181. The monoisotopic (exact) mass is 368 g/mol. The van der Waals surface area contributed by atoms with Crippen molar-refractivity contribution in [3.8, 4) is 11.5 Å². The molecular formula is C16H17ClN2O6. The normalized spacial score (nSPS) is 12.6. The number of nitrogens with one attached hydrogen (secondary N) is 2. The number of carbonyl (C=O) groups is 3. The topological polar surface area (TPSA) is 103 Å². The summed E-state index contributed by atoms with van der Waals surface area (Å²) in [4.78, 5) is 34.0. The molecule has 0 unspecified atom stereocenters. The highest BCUT2D eigenvalue weighted by Gasteiger charge is 2.16. The molecule has 0 spiro atoms. The Labute approximate surface area is 149 Å². The van der Waals surface area contributed by atoms with E-state index in [1.165, 1.54) is 13.1 Å². The van der Waals surface area contributed by atoms with Gasteiger partial charge < -0.3 is 24.8 Å². The second kappa shape index (κ2) is 8.93. The fourth-order valence-corrected chi connectivity index (χ4v) is 2.17. The molecule has 0 atom stereocenters. The van der Waals surface area contributed by atoms with E-state index in [0.29, 0.717) is 35.3 Å². The quantitative estimate of drug-likeness (QED) is 0.561. The van der Waals surface area contributed by atoms with Gasteiger partial charge in [0.1, 0.15) is 13.2 Å². The van der Waals surface area contributed by atoms with Gasteiger partial charge in [0.2, 0.25) is 5.91 Å². The van der Waals surface area contributed by atoms with Gasteiger partial charge in [-0.1, -0.05) is 11.6 Å². The van der Waals surface area contributed by atoms with Crippen LogP contribution in [-0.2, 0) is 19.1 Å². The van der Waals surface area contributed by atoms with Crippen molar-refractivity contribution in [3.05, 3.63) is 28.8 Å². The molecule has 2 rings (SSSR count). The molecule has 0 radical (unpaired) electrons. The lowest BCUT2D eigenvalue weighted by Crippen LogP contribution is -2.37. The maximum atomic E-state index is 11.6. The van der Waals surface area contributed by atoms with Gasteiger partial charge in [0.15, 0.2) is 18.1 Å². The zero-order chi connectivity index (χ0) is 18.2. The Morgan fingerprint density at radius 1 is 1.24 bits per heavy atom. The highest BCUT2D eigenvalue weighted by molar-refractivity contribution is 6.32. The molecular weight excluding hydrogens is 352 g/mol. The molecule has 2 N–H and O–H groups in total. The Morgan fingerprint density at radius 2 is 2.00 bits per heavy atom. The standard InChI is InChI=1S/C16H17ClN2O6/c1-18-13(20)8-19-14(21)9-25-15(22)3-2-10-6-11(17)16-12(7-10)23-4-5-24-16/h2-3,6-7H,4-5,8-9H2,1H3,(H,18,20)(H,19,21)/b3-2+. The number of likely N-dealkylation sites (N-methyl/N-ethyl adjacent to an activating group) is 1. The first kappa shape index (κ1) is 18.6. The summed E-state index contributed by atoms with van der Waals surface area (Å²) in [5.41, 5.74) is 0.621. The zero-order valence-corrected chi connectivity index (χ0v) is 14.2. The largest absolute Gasteiger partial charge is 0.486 e. The number of halogens is 1. The molecule has 1 aromatic carbocycles. The van der Waals surface area contributed by atoms with Gasteiger partial charge in [0.25, 0.3) is 5.91 Å². The number of benzene rings is 1. The van der Waals surface area contributed by atoms with Crippen LogP contribution in [-0.4, -0.2) is 51.2 Å². The van der Waals surface area contributed by atoms with Crippen molar-refractivity contribution in [2.45, 2.75) is 0 Å². The number of hydrogen-bond acceptors (Lipinski definition) is 6.